The van der Waals surface area contributed by atoms with Crippen LogP contribution in [0.1, 0.15) is 5.56 Å². The zero-order chi connectivity index (χ0) is 16.4. The molecule has 0 aliphatic rings. The lowest BCUT2D eigenvalue weighted by molar-refractivity contribution is 0.415. The number of ether oxygens (including phenoxy) is 1. The third kappa shape index (κ3) is 3.33. The van der Waals surface area contributed by atoms with Gasteiger partial charge in [0.25, 0.3) is 0 Å². The minimum Gasteiger partial charge on any atom is -0.497 e. The first-order valence-electron chi connectivity index (χ1n) is 7.21. The maximum Gasteiger partial charge on any atom is 0.120 e. The van der Waals surface area contributed by atoms with Gasteiger partial charge in [0.05, 0.1) is 22.8 Å². The molecule has 0 aliphatic heterocycles. The Labute approximate surface area is 144 Å². The van der Waals surface area contributed by atoms with Crippen LogP contribution < -0.4 is 15.8 Å². The highest BCUT2D eigenvalue weighted by atomic mass is 35.5. The van der Waals surface area contributed by atoms with Crippen LogP contribution in [0.5, 0.6) is 5.75 Å². The molecule has 0 radical (unpaired) electrons. The minimum atomic E-state index is 0.527. The highest BCUT2D eigenvalue weighted by molar-refractivity contribution is 6.39. The Morgan fingerprint density at radius 2 is 1.91 bits per heavy atom. The summed E-state index contributed by atoms with van der Waals surface area (Å²) in [6, 6.07) is 9.38. The highest BCUT2D eigenvalue weighted by Crippen LogP contribution is 2.33. The average Bonchev–Trinajstić information content (AvgIpc) is 2.92. The van der Waals surface area contributed by atoms with E-state index in [4.69, 9.17) is 33.7 Å². The largest absolute Gasteiger partial charge is 0.497 e. The number of fused-ring (bicyclic) bond motifs is 1. The number of anilines is 2. The molecule has 6 heteroatoms. The molecule has 0 saturated carbocycles. The first-order chi connectivity index (χ1) is 11.1. The zero-order valence-electron chi connectivity index (χ0n) is 12.6. The lowest BCUT2D eigenvalue weighted by Crippen LogP contribution is -2.06. The van der Waals surface area contributed by atoms with E-state index in [1.54, 1.807) is 19.2 Å². The van der Waals surface area contributed by atoms with Crippen molar-refractivity contribution in [3.05, 3.63) is 52.1 Å². The lowest BCUT2D eigenvalue weighted by Gasteiger charge is -2.11. The Morgan fingerprint density at radius 1 is 1.17 bits per heavy atom. The lowest BCUT2D eigenvalue weighted by atomic mass is 10.1. The Morgan fingerprint density at radius 3 is 2.61 bits per heavy atom. The predicted octanol–water partition coefficient (Wildman–Crippen LogP) is 4.72. The summed E-state index contributed by atoms with van der Waals surface area (Å²) >= 11 is 12.4. The summed E-state index contributed by atoms with van der Waals surface area (Å²) in [5, 5.41) is 5.51. The molecule has 3 rings (SSSR count). The second-order valence-corrected chi connectivity index (χ2v) is 6.08. The van der Waals surface area contributed by atoms with Crippen LogP contribution in [-0.2, 0) is 6.42 Å². The second-order valence-electron chi connectivity index (χ2n) is 5.26. The van der Waals surface area contributed by atoms with Crippen molar-refractivity contribution in [2.45, 2.75) is 6.42 Å². The first kappa shape index (κ1) is 15.8. The molecule has 0 aliphatic carbocycles. The van der Waals surface area contributed by atoms with Crippen LogP contribution in [0, 0.1) is 0 Å². The van der Waals surface area contributed by atoms with Gasteiger partial charge < -0.3 is 20.8 Å². The highest BCUT2D eigenvalue weighted by Gasteiger charge is 2.08. The van der Waals surface area contributed by atoms with Gasteiger partial charge in [0, 0.05) is 35.4 Å². The van der Waals surface area contributed by atoms with Gasteiger partial charge in [-0.15, -0.1) is 0 Å². The maximum atomic E-state index is 6.18. The monoisotopic (exact) mass is 349 g/mol. The van der Waals surface area contributed by atoms with Crippen molar-refractivity contribution in [3.63, 3.8) is 0 Å². The molecule has 1 aromatic heterocycles. The van der Waals surface area contributed by atoms with E-state index in [-0.39, 0.29) is 0 Å². The fourth-order valence-corrected chi connectivity index (χ4v) is 3.22. The molecule has 2 aromatic carbocycles. The van der Waals surface area contributed by atoms with E-state index in [0.29, 0.717) is 28.0 Å². The van der Waals surface area contributed by atoms with Gasteiger partial charge in [-0.05, 0) is 36.2 Å². The molecule has 4 N–H and O–H groups in total. The topological polar surface area (TPSA) is 63.1 Å². The van der Waals surface area contributed by atoms with Crippen molar-refractivity contribution < 1.29 is 4.74 Å². The first-order valence-corrected chi connectivity index (χ1v) is 7.96. The summed E-state index contributed by atoms with van der Waals surface area (Å²) in [7, 11) is 1.66. The molecule has 0 amide bonds. The molecule has 3 aromatic rings. The Bertz CT molecular complexity index is 822. The summed E-state index contributed by atoms with van der Waals surface area (Å²) in [6.45, 7) is 0.711. The van der Waals surface area contributed by atoms with Crippen molar-refractivity contribution in [1.29, 1.82) is 0 Å². The number of halogens is 2. The predicted molar refractivity (Wildman–Crippen MR) is 97.9 cm³/mol. The molecule has 4 nitrogen and oxygen atoms in total. The Balaban J connectivity index is 1.72. The van der Waals surface area contributed by atoms with E-state index in [0.717, 1.165) is 17.7 Å². The van der Waals surface area contributed by atoms with Gasteiger partial charge in [0.2, 0.25) is 0 Å². The number of nitrogens with two attached hydrogens (primary N) is 1. The number of nitrogen functional groups attached to an aromatic ring is 1. The van der Waals surface area contributed by atoms with Crippen LogP contribution in [0.25, 0.3) is 10.9 Å². The molecule has 0 spiro atoms. The number of hydrogen-bond donors (Lipinski definition) is 3. The fraction of sp³-hybridized carbons (Fsp3) is 0.176. The second kappa shape index (κ2) is 6.60. The van der Waals surface area contributed by atoms with Gasteiger partial charge in [-0.2, -0.15) is 0 Å². The molecule has 1 heterocycles. The third-order valence-electron chi connectivity index (χ3n) is 3.74. The van der Waals surface area contributed by atoms with Crippen molar-refractivity contribution in [3.8, 4) is 5.75 Å². The molecule has 120 valence electrons. The smallest absolute Gasteiger partial charge is 0.120 e. The van der Waals surface area contributed by atoms with E-state index in [9.17, 15) is 0 Å². The summed E-state index contributed by atoms with van der Waals surface area (Å²) in [4.78, 5) is 3.27. The minimum absolute atomic E-state index is 0.527. The standard InChI is InChI=1S/C17H17Cl2N3O/c1-23-12-2-3-13-10(9-22-16(13)8-12)4-5-21-17-14(18)6-11(20)7-15(17)19/h2-3,6-9,21-22H,4-5,20H2,1H3. The fourth-order valence-electron chi connectivity index (χ4n) is 2.58. The molecule has 0 fully saturated rings. The number of aromatic amines is 1. The number of hydrogen-bond acceptors (Lipinski definition) is 3. The van der Waals surface area contributed by atoms with Gasteiger partial charge in [-0.25, -0.2) is 0 Å². The summed E-state index contributed by atoms with van der Waals surface area (Å²) in [5.41, 5.74) is 9.25. The van der Waals surface area contributed by atoms with Gasteiger partial charge in [0.1, 0.15) is 5.75 Å². The maximum absolute atomic E-state index is 6.18. The Hall–Kier alpha value is -2.04. The van der Waals surface area contributed by atoms with E-state index in [2.05, 4.69) is 16.4 Å². The van der Waals surface area contributed by atoms with Crippen LogP contribution >= 0.6 is 23.2 Å². The SMILES string of the molecule is COc1ccc2c(CCNc3c(Cl)cc(N)cc3Cl)c[nH]c2c1. The molecular formula is C17H17Cl2N3O. The van der Waals surface area contributed by atoms with E-state index in [1.165, 1.54) is 10.9 Å². The van der Waals surface area contributed by atoms with Gasteiger partial charge in [0.15, 0.2) is 0 Å². The van der Waals surface area contributed by atoms with E-state index < -0.39 is 0 Å². The van der Waals surface area contributed by atoms with Crippen LogP contribution in [0.3, 0.4) is 0 Å². The number of H-pyrrole nitrogens is 1. The summed E-state index contributed by atoms with van der Waals surface area (Å²) in [6.07, 6.45) is 2.85. The number of aromatic nitrogens is 1. The number of nitrogens with one attached hydrogen (secondary N) is 2. The molecule has 23 heavy (non-hydrogen) atoms. The van der Waals surface area contributed by atoms with Crippen molar-refractivity contribution in [2.24, 2.45) is 0 Å². The number of rotatable bonds is 5. The summed E-state index contributed by atoms with van der Waals surface area (Å²) in [5.74, 6) is 0.837. The Kier molecular flexibility index (Phi) is 4.55. The van der Waals surface area contributed by atoms with Crippen molar-refractivity contribution >= 4 is 45.5 Å². The molecule has 0 unspecified atom stereocenters. The zero-order valence-corrected chi connectivity index (χ0v) is 14.1. The molecular weight excluding hydrogens is 333 g/mol. The van der Waals surface area contributed by atoms with E-state index in [1.807, 2.05) is 18.3 Å². The molecule has 0 atom stereocenters. The average molecular weight is 350 g/mol. The van der Waals surface area contributed by atoms with E-state index >= 15 is 0 Å². The van der Waals surface area contributed by atoms with Crippen LogP contribution in [0.4, 0.5) is 11.4 Å². The van der Waals surface area contributed by atoms with Gasteiger partial charge in [-0.1, -0.05) is 23.2 Å². The quantitative estimate of drug-likeness (QED) is 0.584. The molecule has 0 bridgehead atoms. The summed E-state index contributed by atoms with van der Waals surface area (Å²) < 4.78 is 5.23. The van der Waals surface area contributed by atoms with Crippen LogP contribution in [0.15, 0.2) is 36.5 Å². The van der Waals surface area contributed by atoms with Gasteiger partial charge in [-0.3, -0.25) is 0 Å². The van der Waals surface area contributed by atoms with Gasteiger partial charge >= 0.3 is 0 Å². The number of methoxy groups -OCH3 is 1. The van der Waals surface area contributed by atoms with Crippen molar-refractivity contribution in [1.82, 2.24) is 4.98 Å². The van der Waals surface area contributed by atoms with Crippen molar-refractivity contribution in [2.75, 3.05) is 24.7 Å². The van der Waals surface area contributed by atoms with Crippen LogP contribution in [0.2, 0.25) is 10.0 Å². The number of benzene rings is 2. The third-order valence-corrected chi connectivity index (χ3v) is 4.33. The van der Waals surface area contributed by atoms with Crippen LogP contribution in [-0.4, -0.2) is 18.6 Å². The molecule has 0 saturated heterocycles. The normalized spacial score (nSPS) is 10.9.